The van der Waals surface area contributed by atoms with Gasteiger partial charge in [-0.15, -0.1) is 0 Å². The fourth-order valence-electron chi connectivity index (χ4n) is 1.82. The van der Waals surface area contributed by atoms with Crippen LogP contribution in [0.25, 0.3) is 0 Å². The zero-order valence-corrected chi connectivity index (χ0v) is 12.2. The van der Waals surface area contributed by atoms with Crippen LogP contribution in [0.15, 0.2) is 40.8 Å². The van der Waals surface area contributed by atoms with Gasteiger partial charge in [-0.1, -0.05) is 35.0 Å². The first kappa shape index (κ1) is 13.2. The van der Waals surface area contributed by atoms with E-state index in [0.717, 1.165) is 30.1 Å². The van der Waals surface area contributed by atoms with Crippen molar-refractivity contribution in [1.29, 1.82) is 0 Å². The van der Waals surface area contributed by atoms with E-state index in [1.165, 1.54) is 5.56 Å². The van der Waals surface area contributed by atoms with Gasteiger partial charge in [-0.25, -0.2) is 0 Å². The first-order chi connectivity index (χ1) is 8.72. The molecule has 0 bridgehead atoms. The number of hydrogen-bond donors (Lipinski definition) is 0. The first-order valence-corrected chi connectivity index (χ1v) is 7.00. The standard InChI is InChI=1S/C15H17BrO2/c1-3-12-8-9-15(18-12)14(16)10-11-4-6-13(17-2)7-5-11/h4-9,14H,3,10H2,1-2H3. The van der Waals surface area contributed by atoms with Gasteiger partial charge in [0.2, 0.25) is 0 Å². The molecule has 1 aromatic carbocycles. The summed E-state index contributed by atoms with van der Waals surface area (Å²) in [6.45, 7) is 2.09. The molecule has 0 amide bonds. The summed E-state index contributed by atoms with van der Waals surface area (Å²) >= 11 is 3.68. The summed E-state index contributed by atoms with van der Waals surface area (Å²) in [4.78, 5) is 0.214. The third-order valence-electron chi connectivity index (χ3n) is 2.91. The summed E-state index contributed by atoms with van der Waals surface area (Å²) in [7, 11) is 1.68. The minimum atomic E-state index is 0.214. The average Bonchev–Trinajstić information content (AvgIpc) is 2.88. The molecule has 0 aliphatic carbocycles. The number of aryl methyl sites for hydroxylation is 1. The highest BCUT2D eigenvalue weighted by molar-refractivity contribution is 9.09. The molecule has 0 aliphatic rings. The number of benzene rings is 1. The quantitative estimate of drug-likeness (QED) is 0.757. The summed E-state index contributed by atoms with van der Waals surface area (Å²) < 4.78 is 10.9. The average molecular weight is 309 g/mol. The van der Waals surface area contributed by atoms with Gasteiger partial charge in [0.1, 0.15) is 17.3 Å². The number of methoxy groups -OCH3 is 1. The van der Waals surface area contributed by atoms with Crippen LogP contribution >= 0.6 is 15.9 Å². The van der Waals surface area contributed by atoms with Crippen LogP contribution in [-0.4, -0.2) is 7.11 Å². The van der Waals surface area contributed by atoms with Gasteiger partial charge in [-0.05, 0) is 36.2 Å². The predicted octanol–water partition coefficient (Wildman–Crippen LogP) is 4.53. The number of rotatable bonds is 5. The molecular weight excluding hydrogens is 292 g/mol. The van der Waals surface area contributed by atoms with Crippen molar-refractivity contribution in [2.45, 2.75) is 24.6 Å². The molecule has 2 rings (SSSR count). The molecule has 2 aromatic rings. The number of hydrogen-bond acceptors (Lipinski definition) is 2. The molecular formula is C15H17BrO2. The molecule has 0 radical (unpaired) electrons. The maximum atomic E-state index is 5.74. The van der Waals surface area contributed by atoms with Gasteiger partial charge >= 0.3 is 0 Å². The largest absolute Gasteiger partial charge is 0.497 e. The smallest absolute Gasteiger partial charge is 0.118 e. The van der Waals surface area contributed by atoms with Crippen LogP contribution in [0.3, 0.4) is 0 Å². The van der Waals surface area contributed by atoms with Crippen LogP contribution in [0, 0.1) is 0 Å². The van der Waals surface area contributed by atoms with Gasteiger partial charge in [0, 0.05) is 6.42 Å². The maximum Gasteiger partial charge on any atom is 0.118 e. The molecule has 0 N–H and O–H groups in total. The van der Waals surface area contributed by atoms with Crippen molar-refractivity contribution in [3.63, 3.8) is 0 Å². The second kappa shape index (κ2) is 6.10. The monoisotopic (exact) mass is 308 g/mol. The number of furan rings is 1. The van der Waals surface area contributed by atoms with Gasteiger partial charge in [0.25, 0.3) is 0 Å². The third-order valence-corrected chi connectivity index (χ3v) is 3.69. The Morgan fingerprint density at radius 3 is 2.44 bits per heavy atom. The third kappa shape index (κ3) is 3.16. The van der Waals surface area contributed by atoms with Gasteiger partial charge in [-0.2, -0.15) is 0 Å². The molecule has 0 aliphatic heterocycles. The van der Waals surface area contributed by atoms with E-state index in [-0.39, 0.29) is 4.83 Å². The lowest BCUT2D eigenvalue weighted by Gasteiger charge is -2.08. The van der Waals surface area contributed by atoms with E-state index < -0.39 is 0 Å². The molecule has 3 heteroatoms. The van der Waals surface area contributed by atoms with Crippen LogP contribution in [0.5, 0.6) is 5.75 Å². The van der Waals surface area contributed by atoms with Crippen molar-refractivity contribution in [3.05, 3.63) is 53.5 Å². The highest BCUT2D eigenvalue weighted by atomic mass is 79.9. The number of halogens is 1. The fourth-order valence-corrected chi connectivity index (χ4v) is 2.44. The molecule has 0 saturated carbocycles. The van der Waals surface area contributed by atoms with Gasteiger partial charge in [0.15, 0.2) is 0 Å². The molecule has 0 saturated heterocycles. The fraction of sp³-hybridized carbons (Fsp3) is 0.333. The van der Waals surface area contributed by atoms with E-state index >= 15 is 0 Å². The van der Waals surface area contributed by atoms with Crippen molar-refractivity contribution >= 4 is 15.9 Å². The number of alkyl halides is 1. The Bertz CT molecular complexity index is 487. The highest BCUT2D eigenvalue weighted by Crippen LogP contribution is 2.29. The zero-order valence-electron chi connectivity index (χ0n) is 10.7. The van der Waals surface area contributed by atoms with Crippen molar-refractivity contribution in [1.82, 2.24) is 0 Å². The molecule has 2 nitrogen and oxygen atoms in total. The van der Waals surface area contributed by atoms with Crippen LogP contribution in [-0.2, 0) is 12.8 Å². The van der Waals surface area contributed by atoms with Gasteiger partial charge < -0.3 is 9.15 Å². The van der Waals surface area contributed by atoms with Crippen LogP contribution in [0.4, 0.5) is 0 Å². The van der Waals surface area contributed by atoms with Crippen molar-refractivity contribution in [2.24, 2.45) is 0 Å². The molecule has 0 fully saturated rings. The van der Waals surface area contributed by atoms with Crippen LogP contribution in [0.1, 0.15) is 28.8 Å². The van der Waals surface area contributed by atoms with Gasteiger partial charge in [-0.3, -0.25) is 0 Å². The second-order valence-electron chi connectivity index (χ2n) is 4.18. The lowest BCUT2D eigenvalue weighted by molar-refractivity contribution is 0.414. The lowest BCUT2D eigenvalue weighted by Crippen LogP contribution is -1.94. The van der Waals surface area contributed by atoms with Crippen molar-refractivity contribution < 1.29 is 9.15 Å². The molecule has 1 atom stereocenters. The Morgan fingerprint density at radius 2 is 1.89 bits per heavy atom. The first-order valence-electron chi connectivity index (χ1n) is 6.08. The van der Waals surface area contributed by atoms with Crippen molar-refractivity contribution in [2.75, 3.05) is 7.11 Å². The summed E-state index contributed by atoms with van der Waals surface area (Å²) in [6, 6.07) is 12.2. The molecule has 1 unspecified atom stereocenters. The Morgan fingerprint density at radius 1 is 1.17 bits per heavy atom. The molecule has 18 heavy (non-hydrogen) atoms. The van der Waals surface area contributed by atoms with E-state index in [1.807, 2.05) is 24.3 Å². The van der Waals surface area contributed by atoms with Crippen LogP contribution in [0.2, 0.25) is 0 Å². The minimum Gasteiger partial charge on any atom is -0.497 e. The Hall–Kier alpha value is -1.22. The maximum absolute atomic E-state index is 5.74. The SMILES string of the molecule is CCc1ccc(C(Br)Cc2ccc(OC)cc2)o1. The molecule has 1 aromatic heterocycles. The van der Waals surface area contributed by atoms with E-state index in [2.05, 4.69) is 35.0 Å². The van der Waals surface area contributed by atoms with Crippen molar-refractivity contribution in [3.8, 4) is 5.75 Å². The van der Waals surface area contributed by atoms with E-state index in [4.69, 9.17) is 9.15 Å². The minimum absolute atomic E-state index is 0.214. The summed E-state index contributed by atoms with van der Waals surface area (Å²) in [6.07, 6.45) is 1.84. The summed E-state index contributed by atoms with van der Waals surface area (Å²) in [5, 5.41) is 0. The summed E-state index contributed by atoms with van der Waals surface area (Å²) in [5.74, 6) is 2.91. The topological polar surface area (TPSA) is 22.4 Å². The van der Waals surface area contributed by atoms with E-state index in [9.17, 15) is 0 Å². The van der Waals surface area contributed by atoms with Gasteiger partial charge in [0.05, 0.1) is 11.9 Å². The Balaban J connectivity index is 2.03. The van der Waals surface area contributed by atoms with E-state index in [1.54, 1.807) is 7.11 Å². The Kier molecular flexibility index (Phi) is 4.48. The second-order valence-corrected chi connectivity index (χ2v) is 5.28. The Labute approximate surface area is 116 Å². The molecule has 1 heterocycles. The normalized spacial score (nSPS) is 12.4. The summed E-state index contributed by atoms with van der Waals surface area (Å²) in [5.41, 5.74) is 1.26. The lowest BCUT2D eigenvalue weighted by atomic mass is 10.1. The predicted molar refractivity (Wildman–Crippen MR) is 76.5 cm³/mol. The van der Waals surface area contributed by atoms with E-state index in [0.29, 0.717) is 0 Å². The molecule has 0 spiro atoms. The van der Waals surface area contributed by atoms with Crippen LogP contribution < -0.4 is 4.74 Å². The highest BCUT2D eigenvalue weighted by Gasteiger charge is 2.12. The molecule has 96 valence electrons. The zero-order chi connectivity index (χ0) is 13.0. The number of ether oxygens (including phenoxy) is 1.